The van der Waals surface area contributed by atoms with Crippen LogP contribution in [0.25, 0.3) is 0 Å². The van der Waals surface area contributed by atoms with E-state index in [1.807, 2.05) is 13.3 Å². The van der Waals surface area contributed by atoms with Crippen LogP contribution in [-0.4, -0.2) is 22.6 Å². The third kappa shape index (κ3) is 1.67. The Kier molecular flexibility index (Phi) is 2.13. The van der Waals surface area contributed by atoms with Crippen molar-refractivity contribution in [3.8, 4) is 0 Å². The van der Waals surface area contributed by atoms with E-state index in [-0.39, 0.29) is 0 Å². The van der Waals surface area contributed by atoms with Crippen LogP contribution in [0.2, 0.25) is 0 Å². The van der Waals surface area contributed by atoms with Gasteiger partial charge in [-0.25, -0.2) is 4.98 Å². The summed E-state index contributed by atoms with van der Waals surface area (Å²) in [5.41, 5.74) is 1.11. The summed E-state index contributed by atoms with van der Waals surface area (Å²) < 4.78 is 2.19. The molecular weight excluding hydrogens is 150 g/mol. The molecule has 2 rings (SSSR count). The van der Waals surface area contributed by atoms with Gasteiger partial charge >= 0.3 is 0 Å². The van der Waals surface area contributed by atoms with Gasteiger partial charge in [-0.3, -0.25) is 0 Å². The Labute approximate surface area is 72.8 Å². The van der Waals surface area contributed by atoms with Gasteiger partial charge in [-0.05, 0) is 32.4 Å². The standard InChI is InChI=1S/C9H15N3/c1-8-5-12(7-11-8)6-9-2-3-10-4-9/h5,7,9-10H,2-4,6H2,1H3/t9-/m1/s1. The van der Waals surface area contributed by atoms with Crippen molar-refractivity contribution in [1.29, 1.82) is 0 Å². The molecule has 1 atom stereocenters. The van der Waals surface area contributed by atoms with Crippen LogP contribution in [0.5, 0.6) is 0 Å². The lowest BCUT2D eigenvalue weighted by Gasteiger charge is -2.07. The first-order valence-electron chi connectivity index (χ1n) is 4.53. The number of hydrogen-bond donors (Lipinski definition) is 1. The molecule has 2 heterocycles. The highest BCUT2D eigenvalue weighted by atomic mass is 15.0. The second-order valence-corrected chi connectivity index (χ2v) is 3.57. The molecule has 1 aliphatic heterocycles. The van der Waals surface area contributed by atoms with Crippen molar-refractivity contribution in [2.75, 3.05) is 13.1 Å². The Bertz CT molecular complexity index is 248. The molecule has 1 aromatic rings. The van der Waals surface area contributed by atoms with E-state index in [0.717, 1.165) is 24.7 Å². The zero-order valence-corrected chi connectivity index (χ0v) is 7.45. The molecule has 0 radical (unpaired) electrons. The Morgan fingerprint density at radius 3 is 3.25 bits per heavy atom. The maximum Gasteiger partial charge on any atom is 0.0949 e. The van der Waals surface area contributed by atoms with Gasteiger partial charge in [0.25, 0.3) is 0 Å². The van der Waals surface area contributed by atoms with Crippen molar-refractivity contribution in [3.05, 3.63) is 18.2 Å². The Hall–Kier alpha value is -0.830. The van der Waals surface area contributed by atoms with Gasteiger partial charge in [-0.1, -0.05) is 0 Å². The molecule has 0 spiro atoms. The van der Waals surface area contributed by atoms with Gasteiger partial charge < -0.3 is 9.88 Å². The first kappa shape index (κ1) is 7.80. The summed E-state index contributed by atoms with van der Waals surface area (Å²) in [5.74, 6) is 0.804. The summed E-state index contributed by atoms with van der Waals surface area (Å²) in [7, 11) is 0. The SMILES string of the molecule is Cc1cn(C[C@@H]2CCNC2)cn1. The Morgan fingerprint density at radius 1 is 1.75 bits per heavy atom. The van der Waals surface area contributed by atoms with Gasteiger partial charge in [0.05, 0.1) is 12.0 Å². The van der Waals surface area contributed by atoms with Crippen LogP contribution in [0.15, 0.2) is 12.5 Å². The number of nitrogens with one attached hydrogen (secondary N) is 1. The lowest BCUT2D eigenvalue weighted by Crippen LogP contribution is -2.13. The number of hydrogen-bond acceptors (Lipinski definition) is 2. The molecule has 0 unspecified atom stereocenters. The summed E-state index contributed by atoms with van der Waals surface area (Å²) in [6.07, 6.45) is 5.34. The summed E-state index contributed by atoms with van der Waals surface area (Å²) in [5, 5.41) is 3.37. The first-order chi connectivity index (χ1) is 5.84. The predicted molar refractivity (Wildman–Crippen MR) is 47.9 cm³/mol. The van der Waals surface area contributed by atoms with Crippen LogP contribution < -0.4 is 5.32 Å². The normalized spacial score (nSPS) is 23.2. The maximum absolute atomic E-state index is 4.20. The van der Waals surface area contributed by atoms with E-state index in [4.69, 9.17) is 0 Å². The van der Waals surface area contributed by atoms with E-state index >= 15 is 0 Å². The van der Waals surface area contributed by atoms with Gasteiger partial charge in [0.2, 0.25) is 0 Å². The van der Waals surface area contributed by atoms with E-state index in [0.29, 0.717) is 0 Å². The molecule has 1 saturated heterocycles. The average Bonchev–Trinajstić information content (AvgIpc) is 2.63. The molecule has 0 saturated carbocycles. The first-order valence-corrected chi connectivity index (χ1v) is 4.53. The van der Waals surface area contributed by atoms with Crippen molar-refractivity contribution in [3.63, 3.8) is 0 Å². The minimum Gasteiger partial charge on any atom is -0.337 e. The summed E-state index contributed by atoms with van der Waals surface area (Å²) >= 11 is 0. The molecule has 1 aromatic heterocycles. The van der Waals surface area contributed by atoms with Gasteiger partial charge in [0.15, 0.2) is 0 Å². The van der Waals surface area contributed by atoms with Crippen LogP contribution in [0.1, 0.15) is 12.1 Å². The molecule has 1 aliphatic rings. The molecule has 1 fully saturated rings. The smallest absolute Gasteiger partial charge is 0.0949 e. The third-order valence-corrected chi connectivity index (χ3v) is 2.39. The van der Waals surface area contributed by atoms with E-state index < -0.39 is 0 Å². The monoisotopic (exact) mass is 165 g/mol. The largest absolute Gasteiger partial charge is 0.337 e. The van der Waals surface area contributed by atoms with E-state index in [2.05, 4.69) is 21.1 Å². The van der Waals surface area contributed by atoms with Crippen molar-refractivity contribution < 1.29 is 0 Å². The van der Waals surface area contributed by atoms with E-state index in [1.165, 1.54) is 13.0 Å². The topological polar surface area (TPSA) is 29.9 Å². The van der Waals surface area contributed by atoms with E-state index in [9.17, 15) is 0 Å². The summed E-state index contributed by atoms with van der Waals surface area (Å²) in [4.78, 5) is 4.20. The number of aromatic nitrogens is 2. The molecular formula is C9H15N3. The van der Waals surface area contributed by atoms with Gasteiger partial charge in [-0.15, -0.1) is 0 Å². The molecule has 3 nitrogen and oxygen atoms in total. The number of rotatable bonds is 2. The Balaban J connectivity index is 1.94. The Morgan fingerprint density at radius 2 is 2.67 bits per heavy atom. The van der Waals surface area contributed by atoms with E-state index in [1.54, 1.807) is 0 Å². The highest BCUT2D eigenvalue weighted by Gasteiger charge is 2.14. The fourth-order valence-corrected chi connectivity index (χ4v) is 1.74. The predicted octanol–water partition coefficient (Wildman–Crippen LogP) is 0.801. The fourth-order valence-electron chi connectivity index (χ4n) is 1.74. The van der Waals surface area contributed by atoms with Crippen molar-refractivity contribution in [2.45, 2.75) is 19.9 Å². The molecule has 12 heavy (non-hydrogen) atoms. The molecule has 66 valence electrons. The number of nitrogens with zero attached hydrogens (tertiary/aromatic N) is 2. The van der Waals surface area contributed by atoms with Crippen molar-refractivity contribution >= 4 is 0 Å². The van der Waals surface area contributed by atoms with Crippen LogP contribution in [0.3, 0.4) is 0 Å². The lowest BCUT2D eigenvalue weighted by atomic mass is 10.1. The van der Waals surface area contributed by atoms with Crippen LogP contribution in [0.4, 0.5) is 0 Å². The third-order valence-electron chi connectivity index (χ3n) is 2.39. The number of imidazole rings is 1. The highest BCUT2D eigenvalue weighted by molar-refractivity contribution is 4.92. The number of aryl methyl sites for hydroxylation is 1. The van der Waals surface area contributed by atoms with Gasteiger partial charge in [0.1, 0.15) is 0 Å². The summed E-state index contributed by atoms with van der Waals surface area (Å²) in [6.45, 7) is 5.49. The van der Waals surface area contributed by atoms with Crippen LogP contribution in [0, 0.1) is 12.8 Å². The highest BCUT2D eigenvalue weighted by Crippen LogP contribution is 2.10. The van der Waals surface area contributed by atoms with Gasteiger partial charge in [0, 0.05) is 12.7 Å². The molecule has 0 aliphatic carbocycles. The van der Waals surface area contributed by atoms with Gasteiger partial charge in [-0.2, -0.15) is 0 Å². The quantitative estimate of drug-likeness (QED) is 0.702. The molecule has 0 amide bonds. The van der Waals surface area contributed by atoms with Crippen LogP contribution >= 0.6 is 0 Å². The zero-order valence-electron chi connectivity index (χ0n) is 7.45. The maximum atomic E-state index is 4.20. The minimum absolute atomic E-state index is 0.804. The van der Waals surface area contributed by atoms with Crippen molar-refractivity contribution in [1.82, 2.24) is 14.9 Å². The lowest BCUT2D eigenvalue weighted by molar-refractivity contribution is 0.481. The average molecular weight is 165 g/mol. The second kappa shape index (κ2) is 3.27. The molecule has 0 bridgehead atoms. The van der Waals surface area contributed by atoms with Crippen LogP contribution in [-0.2, 0) is 6.54 Å². The fraction of sp³-hybridized carbons (Fsp3) is 0.667. The second-order valence-electron chi connectivity index (χ2n) is 3.57. The minimum atomic E-state index is 0.804. The molecule has 0 aromatic carbocycles. The van der Waals surface area contributed by atoms with Crippen molar-refractivity contribution in [2.24, 2.45) is 5.92 Å². The molecule has 1 N–H and O–H groups in total. The molecule has 3 heteroatoms. The zero-order chi connectivity index (χ0) is 8.39. The summed E-state index contributed by atoms with van der Waals surface area (Å²) in [6, 6.07) is 0.